The maximum Gasteiger partial charge on any atom is 0.240 e. The van der Waals surface area contributed by atoms with Crippen molar-refractivity contribution in [1.82, 2.24) is 0 Å². The standard InChI is InChI=1S/C25H13N5O5/c31-12-26-20-9-3-1-6-17(20)24(29-15-34)19-8-5-11-22(28-14-33)23(19)25(30-16-35)18-7-2-4-10-21(18)27-13-32/h1-11,24-25H. The van der Waals surface area contributed by atoms with E-state index < -0.39 is 12.1 Å². The molecule has 35 heavy (non-hydrogen) atoms. The summed E-state index contributed by atoms with van der Waals surface area (Å²) in [5.74, 6) is 0. The van der Waals surface area contributed by atoms with E-state index in [0.29, 0.717) is 11.1 Å². The van der Waals surface area contributed by atoms with Crippen molar-refractivity contribution in [1.29, 1.82) is 0 Å². The van der Waals surface area contributed by atoms with Crippen LogP contribution in [0, 0.1) is 0 Å². The van der Waals surface area contributed by atoms with Gasteiger partial charge in [0.1, 0.15) is 12.1 Å². The first-order chi connectivity index (χ1) is 17.2. The summed E-state index contributed by atoms with van der Waals surface area (Å²) in [5, 5.41) is 0. The molecule has 0 aliphatic rings. The summed E-state index contributed by atoms with van der Waals surface area (Å²) < 4.78 is 0. The lowest BCUT2D eigenvalue weighted by atomic mass is 9.86. The number of isocyanates is 5. The normalized spacial score (nSPS) is 11.2. The molecule has 3 aromatic carbocycles. The Hall–Kier alpha value is -5.44. The number of carbonyl (C=O) groups excluding carboxylic acids is 5. The highest BCUT2D eigenvalue weighted by Crippen LogP contribution is 2.44. The van der Waals surface area contributed by atoms with Gasteiger partial charge in [-0.3, -0.25) is 0 Å². The summed E-state index contributed by atoms with van der Waals surface area (Å²) in [6.07, 6.45) is 7.35. The van der Waals surface area contributed by atoms with Gasteiger partial charge < -0.3 is 0 Å². The van der Waals surface area contributed by atoms with Gasteiger partial charge in [0.25, 0.3) is 0 Å². The van der Waals surface area contributed by atoms with Gasteiger partial charge >= 0.3 is 0 Å². The number of nitrogens with zero attached hydrogens (tertiary/aromatic N) is 5. The van der Waals surface area contributed by atoms with E-state index in [1.165, 1.54) is 48.6 Å². The summed E-state index contributed by atoms with van der Waals surface area (Å²) in [5.41, 5.74) is 1.50. The molecule has 0 aliphatic carbocycles. The van der Waals surface area contributed by atoms with Crippen LogP contribution in [0.5, 0.6) is 0 Å². The van der Waals surface area contributed by atoms with E-state index in [2.05, 4.69) is 25.0 Å². The van der Waals surface area contributed by atoms with Crippen molar-refractivity contribution in [2.45, 2.75) is 12.1 Å². The van der Waals surface area contributed by atoms with Crippen LogP contribution in [0.2, 0.25) is 0 Å². The van der Waals surface area contributed by atoms with E-state index in [9.17, 15) is 24.0 Å². The Bertz CT molecular complexity index is 1500. The molecule has 0 radical (unpaired) electrons. The smallest absolute Gasteiger partial charge is 0.211 e. The molecule has 2 unspecified atom stereocenters. The second-order valence-electron chi connectivity index (χ2n) is 6.75. The predicted molar refractivity (Wildman–Crippen MR) is 123 cm³/mol. The van der Waals surface area contributed by atoms with E-state index in [1.54, 1.807) is 48.5 Å². The molecule has 0 aromatic heterocycles. The fourth-order valence-electron chi connectivity index (χ4n) is 3.69. The van der Waals surface area contributed by atoms with Crippen LogP contribution < -0.4 is 0 Å². The van der Waals surface area contributed by atoms with Crippen molar-refractivity contribution in [3.63, 3.8) is 0 Å². The van der Waals surface area contributed by atoms with Crippen LogP contribution in [0.4, 0.5) is 17.1 Å². The third-order valence-electron chi connectivity index (χ3n) is 5.01. The molecule has 0 spiro atoms. The van der Waals surface area contributed by atoms with Gasteiger partial charge in [0, 0.05) is 16.7 Å². The van der Waals surface area contributed by atoms with E-state index >= 15 is 0 Å². The van der Waals surface area contributed by atoms with Crippen LogP contribution in [0.15, 0.2) is 91.7 Å². The number of para-hydroxylation sites is 2. The van der Waals surface area contributed by atoms with E-state index in [-0.39, 0.29) is 28.2 Å². The Labute approximate surface area is 197 Å². The maximum atomic E-state index is 11.5. The molecule has 168 valence electrons. The van der Waals surface area contributed by atoms with Crippen molar-refractivity contribution < 1.29 is 24.0 Å². The SMILES string of the molecule is O=C=Nc1ccccc1C(N=C=O)c1cccc(N=C=O)c1C(N=C=O)c1ccccc1N=C=O. The molecule has 3 rings (SSSR count). The van der Waals surface area contributed by atoms with E-state index in [4.69, 9.17) is 0 Å². The Kier molecular flexibility index (Phi) is 8.28. The van der Waals surface area contributed by atoms with E-state index in [1.807, 2.05) is 0 Å². The summed E-state index contributed by atoms with van der Waals surface area (Å²) in [7, 11) is 0. The molecule has 10 heteroatoms. The summed E-state index contributed by atoms with van der Waals surface area (Å²) in [6, 6.07) is 15.0. The number of benzene rings is 3. The lowest BCUT2D eigenvalue weighted by Gasteiger charge is -2.22. The van der Waals surface area contributed by atoms with Gasteiger partial charge in [-0.2, -0.15) is 25.0 Å². The quantitative estimate of drug-likeness (QED) is 0.340. The molecule has 0 amide bonds. The lowest BCUT2D eigenvalue weighted by molar-refractivity contribution is 0.558. The van der Waals surface area contributed by atoms with Gasteiger partial charge in [0.15, 0.2) is 0 Å². The molecule has 0 N–H and O–H groups in total. The molecular formula is C25H13N5O5. The highest BCUT2D eigenvalue weighted by Gasteiger charge is 2.28. The van der Waals surface area contributed by atoms with Crippen LogP contribution in [-0.4, -0.2) is 30.4 Å². The molecule has 0 saturated carbocycles. The second-order valence-corrected chi connectivity index (χ2v) is 6.75. The first-order valence-corrected chi connectivity index (χ1v) is 9.88. The van der Waals surface area contributed by atoms with Crippen LogP contribution in [0.3, 0.4) is 0 Å². The van der Waals surface area contributed by atoms with Crippen LogP contribution in [-0.2, 0) is 24.0 Å². The molecule has 0 aliphatic heterocycles. The third-order valence-corrected chi connectivity index (χ3v) is 5.01. The molecular weight excluding hydrogens is 450 g/mol. The van der Waals surface area contributed by atoms with Crippen molar-refractivity contribution in [2.75, 3.05) is 0 Å². The van der Waals surface area contributed by atoms with Gasteiger partial charge in [-0.15, -0.1) is 0 Å². The third kappa shape index (κ3) is 5.32. The van der Waals surface area contributed by atoms with Gasteiger partial charge in [-0.05, 0) is 23.8 Å². The highest BCUT2D eigenvalue weighted by atomic mass is 16.1. The number of hydrogen-bond acceptors (Lipinski definition) is 10. The molecule has 0 bridgehead atoms. The average Bonchev–Trinajstić information content (AvgIpc) is 2.88. The Morgan fingerprint density at radius 2 is 0.886 bits per heavy atom. The maximum absolute atomic E-state index is 11.5. The first-order valence-electron chi connectivity index (χ1n) is 9.88. The minimum atomic E-state index is -1.17. The topological polar surface area (TPSA) is 147 Å². The summed E-state index contributed by atoms with van der Waals surface area (Å²) in [4.78, 5) is 74.9. The van der Waals surface area contributed by atoms with Gasteiger partial charge in [0.05, 0.1) is 17.1 Å². The van der Waals surface area contributed by atoms with Crippen LogP contribution in [0.25, 0.3) is 0 Å². The minimum Gasteiger partial charge on any atom is -0.211 e. The molecule has 0 fully saturated rings. The summed E-state index contributed by atoms with van der Waals surface area (Å²) in [6.45, 7) is 0. The largest absolute Gasteiger partial charge is 0.240 e. The molecule has 0 heterocycles. The van der Waals surface area contributed by atoms with Crippen molar-refractivity contribution in [3.8, 4) is 0 Å². The van der Waals surface area contributed by atoms with Crippen LogP contribution in [0.1, 0.15) is 34.3 Å². The minimum absolute atomic E-state index is 0.0638. The number of hydrogen-bond donors (Lipinski definition) is 0. The van der Waals surface area contributed by atoms with Gasteiger partial charge in [-0.1, -0.05) is 48.5 Å². The Morgan fingerprint density at radius 3 is 1.43 bits per heavy atom. The first kappa shape index (κ1) is 24.2. The summed E-state index contributed by atoms with van der Waals surface area (Å²) >= 11 is 0. The average molecular weight is 463 g/mol. The predicted octanol–water partition coefficient (Wildman–Crippen LogP) is 4.44. The molecule has 10 nitrogen and oxygen atoms in total. The zero-order chi connectivity index (χ0) is 25.0. The number of aliphatic imine (C=N–C) groups is 5. The molecule has 2 atom stereocenters. The van der Waals surface area contributed by atoms with Crippen molar-refractivity contribution >= 4 is 47.5 Å². The zero-order valence-corrected chi connectivity index (χ0v) is 17.8. The monoisotopic (exact) mass is 463 g/mol. The Morgan fingerprint density at radius 1 is 0.457 bits per heavy atom. The van der Waals surface area contributed by atoms with Crippen molar-refractivity contribution in [2.24, 2.45) is 25.0 Å². The van der Waals surface area contributed by atoms with Gasteiger partial charge in [0.2, 0.25) is 30.4 Å². The van der Waals surface area contributed by atoms with E-state index in [0.717, 1.165) is 0 Å². The fraction of sp³-hybridized carbons (Fsp3) is 0.0800. The number of rotatable bonds is 9. The molecule has 3 aromatic rings. The Balaban J connectivity index is 2.45. The molecule has 0 saturated heterocycles. The second kappa shape index (κ2) is 12.0. The lowest BCUT2D eigenvalue weighted by Crippen LogP contribution is -2.08. The zero-order valence-electron chi connectivity index (χ0n) is 17.8. The highest BCUT2D eigenvalue weighted by molar-refractivity contribution is 5.67. The van der Waals surface area contributed by atoms with Gasteiger partial charge in [-0.25, -0.2) is 24.0 Å². The van der Waals surface area contributed by atoms with Crippen LogP contribution >= 0.6 is 0 Å². The fourth-order valence-corrected chi connectivity index (χ4v) is 3.69. The van der Waals surface area contributed by atoms with Crippen molar-refractivity contribution in [3.05, 3.63) is 89.0 Å².